The molecule has 36 heavy (non-hydrogen) atoms. The molecule has 2 aliphatic rings. The first-order chi connectivity index (χ1) is 17.0. The molecule has 8 nitrogen and oxygen atoms in total. The zero-order chi connectivity index (χ0) is 26.2. The molecule has 1 aliphatic carbocycles. The number of hydrogen-bond acceptors (Lipinski definition) is 6. The standard InChI is InChI=1S/C24H29ClF3N5O3/c1-13-12-32(9-8-29-13)16-6-7-18(17(11-16)23(35)36-3)30-22(34)19(10-15-4-5-15)33-14(2)20(25)21(31-33)24(26,27)28/h6-7,11,13,15,19,29H,4-5,8-10,12H2,1-3H3,(H,30,34)/t13-,19-/m0/s1. The Labute approximate surface area is 212 Å². The van der Waals surface area contributed by atoms with E-state index in [0.29, 0.717) is 6.42 Å². The second-order valence-electron chi connectivity index (χ2n) is 9.40. The number of alkyl halides is 3. The van der Waals surface area contributed by atoms with Gasteiger partial charge in [-0.05, 0) is 44.4 Å². The van der Waals surface area contributed by atoms with Crippen molar-refractivity contribution in [1.82, 2.24) is 15.1 Å². The molecule has 1 amide bonds. The smallest absolute Gasteiger partial charge is 0.436 e. The number of esters is 1. The molecular weight excluding hydrogens is 499 g/mol. The quantitative estimate of drug-likeness (QED) is 0.518. The van der Waals surface area contributed by atoms with E-state index in [2.05, 4.69) is 27.6 Å². The monoisotopic (exact) mass is 527 g/mol. The fraction of sp³-hybridized carbons (Fsp3) is 0.542. The number of ether oxygens (including phenoxy) is 1. The van der Waals surface area contributed by atoms with Gasteiger partial charge in [-0.2, -0.15) is 18.3 Å². The molecule has 1 saturated carbocycles. The van der Waals surface area contributed by atoms with Crippen LogP contribution in [-0.4, -0.2) is 54.4 Å². The van der Waals surface area contributed by atoms with Gasteiger partial charge < -0.3 is 20.3 Å². The Bertz CT molecular complexity index is 1150. The number of nitrogens with one attached hydrogen (secondary N) is 2. The van der Waals surface area contributed by atoms with Gasteiger partial charge in [0.2, 0.25) is 5.91 Å². The minimum absolute atomic E-state index is 0.0566. The first-order valence-corrected chi connectivity index (χ1v) is 12.2. The molecule has 2 aromatic rings. The molecule has 12 heteroatoms. The summed E-state index contributed by atoms with van der Waals surface area (Å²) >= 11 is 5.94. The summed E-state index contributed by atoms with van der Waals surface area (Å²) in [5, 5.41) is 9.24. The Morgan fingerprint density at radius 1 is 1.33 bits per heavy atom. The predicted octanol–water partition coefficient (Wildman–Crippen LogP) is 4.43. The van der Waals surface area contributed by atoms with Gasteiger partial charge in [0.25, 0.3) is 0 Å². The van der Waals surface area contributed by atoms with Gasteiger partial charge >= 0.3 is 12.1 Å². The van der Waals surface area contributed by atoms with E-state index in [-0.39, 0.29) is 28.9 Å². The fourth-order valence-electron chi connectivity index (χ4n) is 4.47. The van der Waals surface area contributed by atoms with Crippen molar-refractivity contribution in [2.24, 2.45) is 5.92 Å². The zero-order valence-electron chi connectivity index (χ0n) is 20.3. The second kappa shape index (κ2) is 10.3. The molecule has 0 bridgehead atoms. The summed E-state index contributed by atoms with van der Waals surface area (Å²) in [7, 11) is 1.25. The number of hydrogen-bond donors (Lipinski definition) is 2. The van der Waals surface area contributed by atoms with E-state index in [1.54, 1.807) is 18.2 Å². The van der Waals surface area contributed by atoms with E-state index in [9.17, 15) is 22.8 Å². The van der Waals surface area contributed by atoms with Crippen molar-refractivity contribution in [2.75, 3.05) is 37.0 Å². The molecule has 196 valence electrons. The highest BCUT2D eigenvalue weighted by atomic mass is 35.5. The van der Waals surface area contributed by atoms with Gasteiger partial charge in [-0.1, -0.05) is 24.4 Å². The largest absolute Gasteiger partial charge is 0.465 e. The molecule has 1 saturated heterocycles. The van der Waals surface area contributed by atoms with Gasteiger partial charge in [0.05, 0.1) is 29.1 Å². The number of amides is 1. The van der Waals surface area contributed by atoms with Crippen LogP contribution in [0.1, 0.15) is 54.0 Å². The highest BCUT2D eigenvalue weighted by Crippen LogP contribution is 2.41. The second-order valence-corrected chi connectivity index (χ2v) is 9.78. The summed E-state index contributed by atoms with van der Waals surface area (Å²) < 4.78 is 46.2. The molecule has 0 radical (unpaired) electrons. The molecule has 1 aliphatic heterocycles. The Morgan fingerprint density at radius 2 is 2.06 bits per heavy atom. The number of nitrogens with zero attached hydrogens (tertiary/aromatic N) is 3. The van der Waals surface area contributed by atoms with E-state index in [0.717, 1.165) is 42.8 Å². The van der Waals surface area contributed by atoms with E-state index < -0.39 is 34.8 Å². The van der Waals surface area contributed by atoms with Crippen molar-refractivity contribution in [1.29, 1.82) is 0 Å². The lowest BCUT2D eigenvalue weighted by atomic mass is 10.1. The van der Waals surface area contributed by atoms with Gasteiger partial charge in [-0.15, -0.1) is 0 Å². The fourth-order valence-corrected chi connectivity index (χ4v) is 4.70. The third-order valence-corrected chi connectivity index (χ3v) is 7.05. The van der Waals surface area contributed by atoms with Crippen LogP contribution in [0, 0.1) is 12.8 Å². The Morgan fingerprint density at radius 3 is 2.64 bits per heavy atom. The normalized spacial score (nSPS) is 19.2. The number of rotatable bonds is 7. The average Bonchev–Trinajstić information content (AvgIpc) is 3.60. The number of anilines is 2. The third-order valence-electron chi connectivity index (χ3n) is 6.60. The summed E-state index contributed by atoms with van der Waals surface area (Å²) in [4.78, 5) is 28.1. The molecule has 1 aromatic heterocycles. The number of carbonyl (C=O) groups is 2. The van der Waals surface area contributed by atoms with Crippen molar-refractivity contribution in [3.05, 3.63) is 40.2 Å². The van der Waals surface area contributed by atoms with Crippen LogP contribution in [0.3, 0.4) is 0 Å². The summed E-state index contributed by atoms with van der Waals surface area (Å²) in [6, 6.07) is 4.32. The lowest BCUT2D eigenvalue weighted by Crippen LogP contribution is -2.49. The van der Waals surface area contributed by atoms with Crippen LogP contribution in [0.4, 0.5) is 24.5 Å². The Balaban J connectivity index is 1.65. The average molecular weight is 528 g/mol. The number of carbonyl (C=O) groups excluding carboxylic acids is 2. The van der Waals surface area contributed by atoms with E-state index in [1.165, 1.54) is 14.0 Å². The molecule has 2 N–H and O–H groups in total. The van der Waals surface area contributed by atoms with Crippen LogP contribution >= 0.6 is 11.6 Å². The number of benzene rings is 1. The van der Waals surface area contributed by atoms with Crippen LogP contribution in [0.15, 0.2) is 18.2 Å². The highest BCUT2D eigenvalue weighted by Gasteiger charge is 2.41. The first kappa shape index (κ1) is 26.3. The number of halogens is 4. The summed E-state index contributed by atoms with van der Waals surface area (Å²) in [6.45, 7) is 5.76. The molecule has 2 atom stereocenters. The highest BCUT2D eigenvalue weighted by molar-refractivity contribution is 6.32. The van der Waals surface area contributed by atoms with Gasteiger partial charge in [0.1, 0.15) is 6.04 Å². The lowest BCUT2D eigenvalue weighted by molar-refractivity contribution is -0.141. The Hall–Kier alpha value is -2.79. The van der Waals surface area contributed by atoms with Crippen molar-refractivity contribution >= 4 is 34.9 Å². The van der Waals surface area contributed by atoms with Crippen LogP contribution in [0.25, 0.3) is 0 Å². The first-order valence-electron chi connectivity index (χ1n) is 11.8. The molecular formula is C24H29ClF3N5O3. The maximum atomic E-state index is 13.4. The number of methoxy groups -OCH3 is 1. The third kappa shape index (κ3) is 5.62. The molecule has 0 spiro atoms. The molecule has 2 heterocycles. The maximum absolute atomic E-state index is 13.4. The molecule has 4 rings (SSSR count). The van der Waals surface area contributed by atoms with E-state index >= 15 is 0 Å². The van der Waals surface area contributed by atoms with Crippen molar-refractivity contribution in [3.8, 4) is 0 Å². The van der Waals surface area contributed by atoms with Crippen LogP contribution in [0.2, 0.25) is 5.02 Å². The molecule has 2 fully saturated rings. The van der Waals surface area contributed by atoms with Crippen molar-refractivity contribution in [3.63, 3.8) is 0 Å². The maximum Gasteiger partial charge on any atom is 0.436 e. The predicted molar refractivity (Wildman–Crippen MR) is 129 cm³/mol. The molecule has 0 unspecified atom stereocenters. The summed E-state index contributed by atoms with van der Waals surface area (Å²) in [5.41, 5.74) is 0.0134. The Kier molecular flexibility index (Phi) is 7.51. The minimum atomic E-state index is -4.75. The number of aromatic nitrogens is 2. The SMILES string of the molecule is COC(=O)c1cc(N2CCN[C@@H](C)C2)ccc1NC(=O)[C@H](CC1CC1)n1nc(C(F)(F)F)c(Cl)c1C. The number of piperazine rings is 1. The van der Waals surface area contributed by atoms with Crippen LogP contribution < -0.4 is 15.5 Å². The minimum Gasteiger partial charge on any atom is -0.465 e. The molecule has 1 aromatic carbocycles. The lowest BCUT2D eigenvalue weighted by Gasteiger charge is -2.34. The zero-order valence-corrected chi connectivity index (χ0v) is 21.0. The van der Waals surface area contributed by atoms with Crippen LogP contribution in [0.5, 0.6) is 0 Å². The van der Waals surface area contributed by atoms with E-state index in [1.807, 2.05) is 0 Å². The summed E-state index contributed by atoms with van der Waals surface area (Å²) in [6.07, 6.45) is -2.67. The van der Waals surface area contributed by atoms with Gasteiger partial charge in [0, 0.05) is 31.4 Å². The van der Waals surface area contributed by atoms with Gasteiger partial charge in [-0.25, -0.2) is 4.79 Å². The topological polar surface area (TPSA) is 88.5 Å². The van der Waals surface area contributed by atoms with Gasteiger partial charge in [-0.3, -0.25) is 9.48 Å². The van der Waals surface area contributed by atoms with E-state index in [4.69, 9.17) is 16.3 Å². The van der Waals surface area contributed by atoms with Crippen LogP contribution in [-0.2, 0) is 15.7 Å². The van der Waals surface area contributed by atoms with Crippen molar-refractivity contribution in [2.45, 2.75) is 51.4 Å². The van der Waals surface area contributed by atoms with Crippen molar-refractivity contribution < 1.29 is 27.5 Å². The summed E-state index contributed by atoms with van der Waals surface area (Å²) in [5.74, 6) is -1.01. The van der Waals surface area contributed by atoms with Gasteiger partial charge in [0.15, 0.2) is 5.69 Å².